The number of benzene rings is 1. The lowest BCUT2D eigenvalue weighted by atomic mass is 9.77. The van der Waals surface area contributed by atoms with Crippen molar-refractivity contribution in [1.29, 1.82) is 0 Å². The fraction of sp³-hybridized carbons (Fsp3) is 0.538. The van der Waals surface area contributed by atoms with Crippen molar-refractivity contribution in [2.45, 2.75) is 38.6 Å². The molecule has 0 radical (unpaired) electrons. The average Bonchev–Trinajstić information content (AvgIpc) is 2.70. The highest BCUT2D eigenvalue weighted by atomic mass is 35.5. The van der Waals surface area contributed by atoms with Crippen LogP contribution < -0.4 is 11.3 Å². The smallest absolute Gasteiger partial charge is 0.0513 e. The van der Waals surface area contributed by atoms with E-state index < -0.39 is 0 Å². The van der Waals surface area contributed by atoms with Crippen molar-refractivity contribution < 1.29 is 0 Å². The van der Waals surface area contributed by atoms with Crippen molar-refractivity contribution in [2.75, 3.05) is 0 Å². The van der Waals surface area contributed by atoms with Crippen LogP contribution in [0.2, 0.25) is 5.02 Å². The second-order valence-corrected chi connectivity index (χ2v) is 5.45. The predicted molar refractivity (Wildman–Crippen MR) is 68.1 cm³/mol. The van der Waals surface area contributed by atoms with Crippen molar-refractivity contribution in [3.8, 4) is 0 Å². The SMILES string of the molecule is CC1(C(NN)c2ccc(Cl)cc2)CCCC1. The number of halogens is 1. The molecule has 1 atom stereocenters. The highest BCUT2D eigenvalue weighted by Crippen LogP contribution is 2.46. The van der Waals surface area contributed by atoms with Crippen molar-refractivity contribution >= 4 is 11.6 Å². The Morgan fingerprint density at radius 3 is 2.31 bits per heavy atom. The molecule has 1 aliphatic rings. The molecule has 1 aromatic rings. The number of hydrogen-bond donors (Lipinski definition) is 2. The highest BCUT2D eigenvalue weighted by Gasteiger charge is 2.37. The number of nitrogens with one attached hydrogen (secondary N) is 1. The minimum absolute atomic E-state index is 0.229. The van der Waals surface area contributed by atoms with Gasteiger partial charge in [0.2, 0.25) is 0 Å². The van der Waals surface area contributed by atoms with Crippen LogP contribution in [0.15, 0.2) is 24.3 Å². The fourth-order valence-corrected chi connectivity index (χ4v) is 2.95. The Morgan fingerprint density at radius 2 is 1.81 bits per heavy atom. The van der Waals surface area contributed by atoms with Crippen LogP contribution in [0.25, 0.3) is 0 Å². The van der Waals surface area contributed by atoms with Crippen LogP contribution in [0.1, 0.15) is 44.2 Å². The van der Waals surface area contributed by atoms with E-state index in [1.165, 1.54) is 31.2 Å². The summed E-state index contributed by atoms with van der Waals surface area (Å²) < 4.78 is 0. The van der Waals surface area contributed by atoms with E-state index in [1.54, 1.807) is 0 Å². The van der Waals surface area contributed by atoms with Gasteiger partial charge in [-0.15, -0.1) is 0 Å². The molecule has 1 aliphatic carbocycles. The van der Waals surface area contributed by atoms with Crippen LogP contribution in [0.3, 0.4) is 0 Å². The van der Waals surface area contributed by atoms with Gasteiger partial charge in [-0.3, -0.25) is 11.3 Å². The molecule has 88 valence electrons. The quantitative estimate of drug-likeness (QED) is 0.626. The van der Waals surface area contributed by atoms with E-state index in [0.717, 1.165) is 5.02 Å². The molecule has 0 bridgehead atoms. The van der Waals surface area contributed by atoms with Crippen LogP contribution in [0, 0.1) is 5.41 Å². The minimum Gasteiger partial charge on any atom is -0.271 e. The third-order valence-electron chi connectivity index (χ3n) is 3.81. The summed E-state index contributed by atoms with van der Waals surface area (Å²) in [4.78, 5) is 0. The van der Waals surface area contributed by atoms with Crippen LogP contribution in [0.5, 0.6) is 0 Å². The first-order valence-corrected chi connectivity index (χ1v) is 6.25. The Bertz CT molecular complexity index is 341. The van der Waals surface area contributed by atoms with Crippen LogP contribution in [-0.4, -0.2) is 0 Å². The van der Waals surface area contributed by atoms with Crippen molar-refractivity contribution in [3.05, 3.63) is 34.9 Å². The first-order chi connectivity index (χ1) is 7.65. The van der Waals surface area contributed by atoms with Gasteiger partial charge in [-0.05, 0) is 36.0 Å². The Kier molecular flexibility index (Phi) is 3.53. The standard InChI is InChI=1S/C13H19ClN2/c1-13(8-2-3-9-13)12(16-15)10-4-6-11(14)7-5-10/h4-7,12,16H,2-3,8-9,15H2,1H3. The van der Waals surface area contributed by atoms with Gasteiger partial charge in [-0.25, -0.2) is 0 Å². The van der Waals surface area contributed by atoms with Gasteiger partial charge in [0.25, 0.3) is 0 Å². The van der Waals surface area contributed by atoms with Gasteiger partial charge in [-0.1, -0.05) is 43.5 Å². The molecule has 3 heteroatoms. The largest absolute Gasteiger partial charge is 0.271 e. The van der Waals surface area contributed by atoms with Crippen LogP contribution in [0.4, 0.5) is 0 Å². The zero-order valence-corrected chi connectivity index (χ0v) is 10.4. The number of hydrogen-bond acceptors (Lipinski definition) is 2. The summed E-state index contributed by atoms with van der Waals surface area (Å²) in [5, 5.41) is 0.774. The average molecular weight is 239 g/mol. The van der Waals surface area contributed by atoms with E-state index in [4.69, 9.17) is 17.4 Å². The van der Waals surface area contributed by atoms with Gasteiger partial charge in [0, 0.05) is 5.02 Å². The fourth-order valence-electron chi connectivity index (χ4n) is 2.83. The first kappa shape index (κ1) is 11.9. The van der Waals surface area contributed by atoms with E-state index in [9.17, 15) is 0 Å². The maximum absolute atomic E-state index is 5.90. The molecule has 16 heavy (non-hydrogen) atoms. The maximum Gasteiger partial charge on any atom is 0.0513 e. The van der Waals surface area contributed by atoms with Gasteiger partial charge >= 0.3 is 0 Å². The summed E-state index contributed by atoms with van der Waals surface area (Å²) >= 11 is 5.90. The van der Waals surface area contributed by atoms with E-state index in [-0.39, 0.29) is 11.5 Å². The Morgan fingerprint density at radius 1 is 1.25 bits per heavy atom. The molecule has 2 nitrogen and oxygen atoms in total. The van der Waals surface area contributed by atoms with Crippen molar-refractivity contribution in [2.24, 2.45) is 11.3 Å². The third-order valence-corrected chi connectivity index (χ3v) is 4.06. The Labute approximate surface area is 102 Å². The van der Waals surface area contributed by atoms with E-state index in [2.05, 4.69) is 24.5 Å². The second kappa shape index (κ2) is 4.74. The van der Waals surface area contributed by atoms with Crippen LogP contribution in [-0.2, 0) is 0 Å². The zero-order chi connectivity index (χ0) is 11.6. The lowest BCUT2D eigenvalue weighted by Gasteiger charge is -2.34. The molecule has 1 aromatic carbocycles. The summed E-state index contributed by atoms with van der Waals surface area (Å²) in [6.07, 6.45) is 5.10. The zero-order valence-electron chi connectivity index (χ0n) is 9.67. The third kappa shape index (κ3) is 2.24. The highest BCUT2D eigenvalue weighted by molar-refractivity contribution is 6.30. The lowest BCUT2D eigenvalue weighted by Crippen LogP contribution is -2.38. The molecule has 2 rings (SSSR count). The van der Waals surface area contributed by atoms with E-state index in [0.29, 0.717) is 0 Å². The monoisotopic (exact) mass is 238 g/mol. The molecule has 0 saturated heterocycles. The molecule has 0 heterocycles. The molecule has 0 aliphatic heterocycles. The number of hydrazine groups is 1. The van der Waals surface area contributed by atoms with Gasteiger partial charge < -0.3 is 0 Å². The molecular formula is C13H19ClN2. The predicted octanol–water partition coefficient (Wildman–Crippen LogP) is 3.42. The Balaban J connectivity index is 2.25. The van der Waals surface area contributed by atoms with Gasteiger partial charge in [0.15, 0.2) is 0 Å². The molecule has 1 saturated carbocycles. The summed E-state index contributed by atoms with van der Waals surface area (Å²) in [5.41, 5.74) is 4.49. The topological polar surface area (TPSA) is 38.0 Å². The summed E-state index contributed by atoms with van der Waals surface area (Å²) in [6.45, 7) is 2.32. The maximum atomic E-state index is 5.90. The van der Waals surface area contributed by atoms with Crippen molar-refractivity contribution in [3.63, 3.8) is 0 Å². The lowest BCUT2D eigenvalue weighted by molar-refractivity contribution is 0.225. The number of nitrogens with two attached hydrogens (primary N) is 1. The molecule has 3 N–H and O–H groups in total. The molecular weight excluding hydrogens is 220 g/mol. The van der Waals surface area contributed by atoms with Gasteiger partial charge in [0.05, 0.1) is 6.04 Å². The van der Waals surface area contributed by atoms with E-state index in [1.807, 2.05) is 12.1 Å². The summed E-state index contributed by atoms with van der Waals surface area (Å²) in [5.74, 6) is 5.72. The van der Waals surface area contributed by atoms with Crippen LogP contribution >= 0.6 is 11.6 Å². The normalized spacial score (nSPS) is 20.9. The molecule has 1 fully saturated rings. The minimum atomic E-state index is 0.229. The molecule has 0 spiro atoms. The van der Waals surface area contributed by atoms with Crippen molar-refractivity contribution in [1.82, 2.24) is 5.43 Å². The number of rotatable bonds is 3. The molecule has 0 aromatic heterocycles. The summed E-state index contributed by atoms with van der Waals surface area (Å²) in [7, 11) is 0. The molecule has 0 amide bonds. The second-order valence-electron chi connectivity index (χ2n) is 5.01. The van der Waals surface area contributed by atoms with Gasteiger partial charge in [0.1, 0.15) is 0 Å². The molecule has 1 unspecified atom stereocenters. The Hall–Kier alpha value is -0.570. The van der Waals surface area contributed by atoms with E-state index >= 15 is 0 Å². The summed E-state index contributed by atoms with van der Waals surface area (Å²) in [6, 6.07) is 8.22. The van der Waals surface area contributed by atoms with Gasteiger partial charge in [-0.2, -0.15) is 0 Å². The first-order valence-electron chi connectivity index (χ1n) is 5.87.